The molecule has 130 valence electrons. The van der Waals surface area contributed by atoms with Crippen molar-refractivity contribution < 1.29 is 4.42 Å². The summed E-state index contributed by atoms with van der Waals surface area (Å²) in [5.74, 6) is 1.29. The van der Waals surface area contributed by atoms with E-state index in [1.54, 1.807) is 12.5 Å². The van der Waals surface area contributed by atoms with Gasteiger partial charge in [-0.05, 0) is 55.8 Å². The highest BCUT2D eigenvalue weighted by Crippen LogP contribution is 2.42. The van der Waals surface area contributed by atoms with Gasteiger partial charge in [0.25, 0.3) is 0 Å². The first kappa shape index (κ1) is 17.9. The zero-order valence-electron chi connectivity index (χ0n) is 13.6. The summed E-state index contributed by atoms with van der Waals surface area (Å²) in [6.07, 6.45) is 5.34. The van der Waals surface area contributed by atoms with Crippen LogP contribution in [0.5, 0.6) is 0 Å². The third-order valence-corrected chi connectivity index (χ3v) is 5.06. The second-order valence-electron chi connectivity index (χ2n) is 6.05. The van der Waals surface area contributed by atoms with Crippen molar-refractivity contribution in [2.24, 2.45) is 0 Å². The van der Waals surface area contributed by atoms with E-state index >= 15 is 0 Å². The van der Waals surface area contributed by atoms with Gasteiger partial charge in [-0.1, -0.05) is 29.8 Å². The average molecular weight is 376 g/mol. The van der Waals surface area contributed by atoms with Gasteiger partial charge in [0.15, 0.2) is 11.6 Å². The molecule has 0 amide bonds. The molecule has 1 N–H and O–H groups in total. The first-order valence-corrected chi connectivity index (χ1v) is 8.50. The Morgan fingerprint density at radius 1 is 1.04 bits per heavy atom. The second-order valence-corrected chi connectivity index (χ2v) is 6.46. The molecule has 3 aromatic rings. The molecule has 1 aromatic carbocycles. The Balaban J connectivity index is 0.00000182. The molecule has 0 bridgehead atoms. The zero-order valence-corrected chi connectivity index (χ0v) is 15.2. The summed E-state index contributed by atoms with van der Waals surface area (Å²) in [4.78, 5) is 9.21. The number of benzene rings is 1. The number of aromatic nitrogens is 2. The first-order valence-electron chi connectivity index (χ1n) is 8.13. The Morgan fingerprint density at radius 2 is 1.84 bits per heavy atom. The van der Waals surface area contributed by atoms with Crippen molar-refractivity contribution in [1.82, 2.24) is 15.3 Å². The van der Waals surface area contributed by atoms with Crippen molar-refractivity contribution in [3.8, 4) is 11.6 Å². The maximum absolute atomic E-state index is 6.55. The lowest BCUT2D eigenvalue weighted by Crippen LogP contribution is -2.41. The van der Waals surface area contributed by atoms with Crippen LogP contribution in [0.1, 0.15) is 24.1 Å². The summed E-state index contributed by atoms with van der Waals surface area (Å²) in [5.41, 5.74) is 1.93. The number of hydrogen-bond donors (Lipinski definition) is 1. The molecule has 2 aromatic heterocycles. The van der Waals surface area contributed by atoms with E-state index in [9.17, 15) is 0 Å². The molecule has 0 radical (unpaired) electrons. The summed E-state index contributed by atoms with van der Waals surface area (Å²) in [6, 6.07) is 13.8. The third-order valence-electron chi connectivity index (χ3n) is 4.73. The second kappa shape index (κ2) is 7.56. The lowest BCUT2D eigenvalue weighted by molar-refractivity contribution is 0.354. The van der Waals surface area contributed by atoms with Gasteiger partial charge in [-0.15, -0.1) is 12.4 Å². The monoisotopic (exact) mass is 375 g/mol. The van der Waals surface area contributed by atoms with Gasteiger partial charge in [-0.25, -0.2) is 9.97 Å². The molecule has 3 heterocycles. The van der Waals surface area contributed by atoms with Crippen molar-refractivity contribution in [3.63, 3.8) is 0 Å². The molecule has 0 aliphatic carbocycles. The minimum absolute atomic E-state index is 0. The molecule has 1 aliphatic heterocycles. The topological polar surface area (TPSA) is 51.0 Å². The van der Waals surface area contributed by atoms with E-state index in [4.69, 9.17) is 21.0 Å². The molecule has 25 heavy (non-hydrogen) atoms. The molecule has 4 rings (SSSR count). The molecule has 1 fully saturated rings. The SMILES string of the molecule is Cl.Clc1ccccc1C1(c2ccnc(-c3ccco3)n2)CCNCC1. The number of nitrogens with one attached hydrogen (secondary N) is 1. The van der Waals surface area contributed by atoms with Gasteiger partial charge in [0.2, 0.25) is 0 Å². The Labute approximate surface area is 158 Å². The van der Waals surface area contributed by atoms with Gasteiger partial charge in [-0.3, -0.25) is 0 Å². The fraction of sp³-hybridized carbons (Fsp3) is 0.263. The van der Waals surface area contributed by atoms with Crippen molar-refractivity contribution in [2.45, 2.75) is 18.3 Å². The van der Waals surface area contributed by atoms with Crippen LogP contribution in [0.25, 0.3) is 11.6 Å². The fourth-order valence-electron chi connectivity index (χ4n) is 3.52. The summed E-state index contributed by atoms with van der Waals surface area (Å²) >= 11 is 6.55. The van der Waals surface area contributed by atoms with Crippen LogP contribution < -0.4 is 5.32 Å². The standard InChI is InChI=1S/C19H18ClN3O.ClH/c20-15-5-2-1-4-14(15)19(8-11-21-12-9-19)17-7-10-22-18(23-17)16-6-3-13-24-16;/h1-7,10,13,21H,8-9,11-12H2;1H. The number of furan rings is 1. The van der Waals surface area contributed by atoms with Gasteiger partial charge >= 0.3 is 0 Å². The lowest BCUT2D eigenvalue weighted by atomic mass is 9.70. The Bertz CT molecular complexity index is 830. The zero-order chi connectivity index (χ0) is 16.4. The molecular formula is C19H19Cl2N3O. The lowest BCUT2D eigenvalue weighted by Gasteiger charge is -2.38. The van der Waals surface area contributed by atoms with E-state index in [0.29, 0.717) is 11.6 Å². The van der Waals surface area contributed by atoms with Crippen LogP contribution in [0.2, 0.25) is 5.02 Å². The third kappa shape index (κ3) is 3.30. The number of rotatable bonds is 3. The fourth-order valence-corrected chi connectivity index (χ4v) is 3.83. The summed E-state index contributed by atoms with van der Waals surface area (Å²) in [7, 11) is 0. The van der Waals surface area contributed by atoms with Crippen molar-refractivity contribution in [2.75, 3.05) is 13.1 Å². The first-order chi connectivity index (χ1) is 11.8. The van der Waals surface area contributed by atoms with Crippen LogP contribution in [0.3, 0.4) is 0 Å². The Morgan fingerprint density at radius 3 is 2.56 bits per heavy atom. The van der Waals surface area contributed by atoms with Crippen molar-refractivity contribution in [3.05, 3.63) is 71.2 Å². The normalized spacial score (nSPS) is 16.2. The Kier molecular flexibility index (Phi) is 5.42. The summed E-state index contributed by atoms with van der Waals surface area (Å²) < 4.78 is 5.46. The van der Waals surface area contributed by atoms with Crippen molar-refractivity contribution in [1.29, 1.82) is 0 Å². The molecular weight excluding hydrogens is 357 g/mol. The van der Waals surface area contributed by atoms with E-state index in [1.807, 2.05) is 36.4 Å². The van der Waals surface area contributed by atoms with Crippen LogP contribution >= 0.6 is 24.0 Å². The van der Waals surface area contributed by atoms with Crippen molar-refractivity contribution >= 4 is 24.0 Å². The largest absolute Gasteiger partial charge is 0.461 e. The van der Waals surface area contributed by atoms with Crippen LogP contribution in [0.4, 0.5) is 0 Å². The van der Waals surface area contributed by atoms with Gasteiger partial charge < -0.3 is 9.73 Å². The van der Waals surface area contributed by atoms with Gasteiger partial charge in [0, 0.05) is 16.6 Å². The van der Waals surface area contributed by atoms with Gasteiger partial charge in [0.05, 0.1) is 12.0 Å². The summed E-state index contributed by atoms with van der Waals surface area (Å²) in [6.45, 7) is 1.87. The minimum Gasteiger partial charge on any atom is -0.461 e. The number of hydrogen-bond acceptors (Lipinski definition) is 4. The van der Waals surface area contributed by atoms with Crippen LogP contribution in [-0.4, -0.2) is 23.1 Å². The van der Waals surface area contributed by atoms with E-state index in [-0.39, 0.29) is 17.8 Å². The highest BCUT2D eigenvalue weighted by Gasteiger charge is 2.38. The maximum Gasteiger partial charge on any atom is 0.195 e. The maximum atomic E-state index is 6.55. The van der Waals surface area contributed by atoms with E-state index in [2.05, 4.69) is 16.4 Å². The predicted octanol–water partition coefficient (Wildman–Crippen LogP) is 4.48. The molecule has 0 unspecified atom stereocenters. The highest BCUT2D eigenvalue weighted by molar-refractivity contribution is 6.31. The smallest absolute Gasteiger partial charge is 0.195 e. The van der Waals surface area contributed by atoms with E-state index in [0.717, 1.165) is 42.2 Å². The molecule has 0 saturated carbocycles. The Hall–Kier alpha value is -1.88. The number of halogens is 2. The minimum atomic E-state index is -0.201. The molecule has 0 atom stereocenters. The van der Waals surface area contributed by atoms with Crippen LogP contribution in [-0.2, 0) is 5.41 Å². The van der Waals surface area contributed by atoms with E-state index < -0.39 is 0 Å². The van der Waals surface area contributed by atoms with E-state index in [1.165, 1.54) is 0 Å². The van der Waals surface area contributed by atoms with Gasteiger partial charge in [-0.2, -0.15) is 0 Å². The predicted molar refractivity (Wildman–Crippen MR) is 101 cm³/mol. The quantitative estimate of drug-likeness (QED) is 0.732. The number of piperidine rings is 1. The molecule has 1 aliphatic rings. The summed E-state index contributed by atoms with van der Waals surface area (Å²) in [5, 5.41) is 4.23. The average Bonchev–Trinajstić information content (AvgIpc) is 3.18. The number of nitrogens with zero attached hydrogens (tertiary/aromatic N) is 2. The molecule has 4 nitrogen and oxygen atoms in total. The molecule has 6 heteroatoms. The molecule has 1 saturated heterocycles. The molecule has 0 spiro atoms. The highest BCUT2D eigenvalue weighted by atomic mass is 35.5. The van der Waals surface area contributed by atoms with Gasteiger partial charge in [0.1, 0.15) is 0 Å². The van der Waals surface area contributed by atoms with Crippen LogP contribution in [0, 0.1) is 0 Å². The van der Waals surface area contributed by atoms with Crippen LogP contribution in [0.15, 0.2) is 59.3 Å².